The van der Waals surface area contributed by atoms with E-state index in [4.69, 9.17) is 4.74 Å². The van der Waals surface area contributed by atoms with Gasteiger partial charge >= 0.3 is 12.1 Å². The van der Waals surface area contributed by atoms with Crippen LogP contribution >= 0.6 is 0 Å². The Hall–Kier alpha value is -2.31. The number of alkyl halides is 3. The molecule has 1 aromatic carbocycles. The number of carbonyl (C=O) groups excluding carboxylic acids is 1. The number of esters is 1. The van der Waals surface area contributed by atoms with Crippen LogP contribution in [0.15, 0.2) is 29.2 Å². The number of aromatic nitrogens is 1. The molecule has 0 saturated carbocycles. The highest BCUT2D eigenvalue weighted by Gasteiger charge is 2.31. The molecule has 0 saturated heterocycles. The van der Waals surface area contributed by atoms with Crippen LogP contribution in [-0.2, 0) is 18.0 Å². The second kappa shape index (κ2) is 5.23. The van der Waals surface area contributed by atoms with E-state index in [1.165, 1.54) is 17.8 Å². The second-order valence-corrected chi connectivity index (χ2v) is 4.43. The third-order valence-electron chi connectivity index (χ3n) is 3.01. The molecule has 21 heavy (non-hydrogen) atoms. The number of aryl methyl sites for hydroxylation is 1. The fourth-order valence-corrected chi connectivity index (χ4v) is 2.01. The summed E-state index contributed by atoms with van der Waals surface area (Å²) in [6.45, 7) is 1.70. The Kier molecular flexibility index (Phi) is 3.76. The van der Waals surface area contributed by atoms with Crippen molar-refractivity contribution >= 4 is 16.9 Å². The summed E-state index contributed by atoms with van der Waals surface area (Å²) in [4.78, 5) is 23.8. The van der Waals surface area contributed by atoms with Crippen LogP contribution in [0, 0.1) is 0 Å². The molecule has 7 heteroatoms. The van der Waals surface area contributed by atoms with Crippen molar-refractivity contribution in [3.8, 4) is 0 Å². The van der Waals surface area contributed by atoms with Crippen molar-refractivity contribution in [1.29, 1.82) is 0 Å². The molecule has 0 spiro atoms. The predicted octanol–water partition coefficient (Wildman–Crippen LogP) is 2.73. The van der Waals surface area contributed by atoms with Crippen molar-refractivity contribution in [3.05, 3.63) is 45.7 Å². The summed E-state index contributed by atoms with van der Waals surface area (Å²) >= 11 is 0. The van der Waals surface area contributed by atoms with Crippen LogP contribution in [-0.4, -0.2) is 17.1 Å². The van der Waals surface area contributed by atoms with Gasteiger partial charge in [0.2, 0.25) is 5.43 Å². The molecular weight excluding hydrogens is 287 g/mol. The van der Waals surface area contributed by atoms with E-state index in [-0.39, 0.29) is 23.1 Å². The quantitative estimate of drug-likeness (QED) is 0.801. The van der Waals surface area contributed by atoms with Crippen molar-refractivity contribution in [1.82, 2.24) is 4.57 Å². The van der Waals surface area contributed by atoms with Gasteiger partial charge in [-0.15, -0.1) is 0 Å². The number of carbonyl (C=O) groups is 1. The van der Waals surface area contributed by atoms with E-state index >= 15 is 0 Å². The molecule has 0 aliphatic rings. The van der Waals surface area contributed by atoms with E-state index in [1.54, 1.807) is 6.92 Å². The zero-order valence-electron chi connectivity index (χ0n) is 11.3. The van der Waals surface area contributed by atoms with E-state index in [0.29, 0.717) is 0 Å². The molecule has 0 bridgehead atoms. The fourth-order valence-electron chi connectivity index (χ4n) is 2.01. The summed E-state index contributed by atoms with van der Waals surface area (Å²) in [5.74, 6) is -0.792. The molecule has 0 unspecified atom stereocenters. The van der Waals surface area contributed by atoms with Gasteiger partial charge < -0.3 is 9.30 Å². The molecule has 0 aliphatic heterocycles. The normalized spacial score (nSPS) is 11.7. The van der Waals surface area contributed by atoms with Gasteiger partial charge in [-0.2, -0.15) is 13.2 Å². The molecule has 0 amide bonds. The van der Waals surface area contributed by atoms with Gasteiger partial charge in [0, 0.05) is 18.6 Å². The summed E-state index contributed by atoms with van der Waals surface area (Å²) in [5, 5.41) is 0.0380. The van der Waals surface area contributed by atoms with Crippen molar-refractivity contribution in [2.45, 2.75) is 13.1 Å². The summed E-state index contributed by atoms with van der Waals surface area (Å²) in [7, 11) is 1.46. The molecule has 2 rings (SSSR count). The second-order valence-electron chi connectivity index (χ2n) is 4.43. The Morgan fingerprint density at radius 1 is 1.33 bits per heavy atom. The zero-order chi connectivity index (χ0) is 15.8. The van der Waals surface area contributed by atoms with Gasteiger partial charge in [-0.05, 0) is 25.1 Å². The van der Waals surface area contributed by atoms with Crippen LogP contribution in [0.2, 0.25) is 0 Å². The lowest BCUT2D eigenvalue weighted by Gasteiger charge is -2.11. The Balaban J connectivity index is 2.70. The SMILES string of the molecule is CCOC(=O)c1cn(C)c2cc(C(F)(F)F)ccc2c1=O. The molecule has 4 nitrogen and oxygen atoms in total. The minimum absolute atomic E-state index is 0.0380. The highest BCUT2D eigenvalue weighted by molar-refractivity contribution is 5.93. The maximum atomic E-state index is 12.7. The molecule has 0 radical (unpaired) electrons. The minimum atomic E-state index is -4.50. The van der Waals surface area contributed by atoms with E-state index in [1.807, 2.05) is 0 Å². The standard InChI is InChI=1S/C14H12F3NO3/c1-3-21-13(20)10-7-18(2)11-6-8(14(15,16)17)4-5-9(11)12(10)19/h4-7H,3H2,1-2H3. The minimum Gasteiger partial charge on any atom is -0.462 e. The Labute approximate surface area is 117 Å². The van der Waals surface area contributed by atoms with Crippen molar-refractivity contribution in [2.24, 2.45) is 7.05 Å². The fraction of sp³-hybridized carbons (Fsp3) is 0.286. The molecule has 0 aliphatic carbocycles. The molecule has 2 aromatic rings. The summed E-state index contributed by atoms with van der Waals surface area (Å²) < 4.78 is 44.1. The molecule has 0 N–H and O–H groups in total. The largest absolute Gasteiger partial charge is 0.462 e. The van der Waals surface area contributed by atoms with E-state index in [2.05, 4.69) is 0 Å². The number of rotatable bonds is 2. The highest BCUT2D eigenvalue weighted by Crippen LogP contribution is 2.30. The lowest BCUT2D eigenvalue weighted by Crippen LogP contribution is -2.20. The first kappa shape index (κ1) is 15.1. The summed E-state index contributed by atoms with van der Waals surface area (Å²) in [6, 6.07) is 2.77. The maximum absolute atomic E-state index is 12.7. The molecule has 0 atom stereocenters. The van der Waals surface area contributed by atoms with Gasteiger partial charge in [-0.1, -0.05) is 0 Å². The molecule has 112 valence electrons. The van der Waals surface area contributed by atoms with Gasteiger partial charge in [-0.25, -0.2) is 4.79 Å². The van der Waals surface area contributed by atoms with Crippen molar-refractivity contribution in [3.63, 3.8) is 0 Å². The number of hydrogen-bond acceptors (Lipinski definition) is 3. The van der Waals surface area contributed by atoms with Gasteiger partial charge in [-0.3, -0.25) is 4.79 Å². The first-order valence-corrected chi connectivity index (χ1v) is 6.13. The smallest absolute Gasteiger partial charge is 0.416 e. The average Bonchev–Trinajstić information content (AvgIpc) is 2.41. The third-order valence-corrected chi connectivity index (χ3v) is 3.01. The number of nitrogens with zero attached hydrogens (tertiary/aromatic N) is 1. The Bertz CT molecular complexity index is 762. The average molecular weight is 299 g/mol. The van der Waals surface area contributed by atoms with E-state index in [9.17, 15) is 22.8 Å². The van der Waals surface area contributed by atoms with E-state index in [0.717, 1.165) is 18.2 Å². The summed E-state index contributed by atoms with van der Waals surface area (Å²) in [5.41, 5.74) is -1.60. The lowest BCUT2D eigenvalue weighted by molar-refractivity contribution is -0.137. The Morgan fingerprint density at radius 3 is 2.57 bits per heavy atom. The first-order chi connectivity index (χ1) is 9.75. The monoisotopic (exact) mass is 299 g/mol. The molecule has 0 fully saturated rings. The number of fused-ring (bicyclic) bond motifs is 1. The van der Waals surface area contributed by atoms with Crippen molar-refractivity contribution < 1.29 is 22.7 Å². The predicted molar refractivity (Wildman–Crippen MR) is 70.1 cm³/mol. The van der Waals surface area contributed by atoms with Crippen LogP contribution < -0.4 is 5.43 Å². The van der Waals surface area contributed by atoms with Gasteiger partial charge in [0.15, 0.2) is 0 Å². The first-order valence-electron chi connectivity index (χ1n) is 6.13. The maximum Gasteiger partial charge on any atom is 0.416 e. The number of hydrogen-bond donors (Lipinski definition) is 0. The van der Waals surface area contributed by atoms with Gasteiger partial charge in [0.1, 0.15) is 5.56 Å². The zero-order valence-corrected chi connectivity index (χ0v) is 11.3. The summed E-state index contributed by atoms with van der Waals surface area (Å²) in [6.07, 6.45) is -3.31. The number of halogens is 3. The lowest BCUT2D eigenvalue weighted by atomic mass is 10.1. The van der Waals surface area contributed by atoms with Crippen LogP contribution in [0.1, 0.15) is 22.8 Å². The molecule has 1 aromatic heterocycles. The third kappa shape index (κ3) is 2.76. The molecule has 1 heterocycles. The topological polar surface area (TPSA) is 48.3 Å². The van der Waals surface area contributed by atoms with Crippen LogP contribution in [0.5, 0.6) is 0 Å². The highest BCUT2D eigenvalue weighted by atomic mass is 19.4. The van der Waals surface area contributed by atoms with Crippen LogP contribution in [0.3, 0.4) is 0 Å². The molecular formula is C14H12F3NO3. The van der Waals surface area contributed by atoms with Gasteiger partial charge in [0.05, 0.1) is 17.7 Å². The van der Waals surface area contributed by atoms with Crippen LogP contribution in [0.25, 0.3) is 10.9 Å². The number of benzene rings is 1. The number of ether oxygens (including phenoxy) is 1. The Morgan fingerprint density at radius 2 is 2.00 bits per heavy atom. The number of pyridine rings is 1. The van der Waals surface area contributed by atoms with Crippen molar-refractivity contribution in [2.75, 3.05) is 6.61 Å². The van der Waals surface area contributed by atoms with Gasteiger partial charge in [0.25, 0.3) is 0 Å². The van der Waals surface area contributed by atoms with E-state index < -0.39 is 23.1 Å². The van der Waals surface area contributed by atoms with Crippen LogP contribution in [0.4, 0.5) is 13.2 Å².